The monoisotopic (exact) mass is 381 g/mol. The van der Waals surface area contributed by atoms with Gasteiger partial charge < -0.3 is 9.32 Å². The van der Waals surface area contributed by atoms with Crippen LogP contribution in [0.2, 0.25) is 0 Å². The lowest BCUT2D eigenvalue weighted by molar-refractivity contribution is -0.385. The lowest BCUT2D eigenvalue weighted by Crippen LogP contribution is -2.21. The molecule has 3 rings (SSSR count). The molecule has 0 amide bonds. The molecule has 0 atom stereocenters. The Morgan fingerprint density at radius 1 is 1.25 bits per heavy atom. The highest BCUT2D eigenvalue weighted by Gasteiger charge is 2.08. The molecule has 2 heterocycles. The average Bonchev–Trinajstić information content (AvgIpc) is 2.69. The standard InChI is InChI=1S/C19H19N5O4/c1-3-23(4-2)15-6-5-13-9-14(19(25)28-17(13)10-15)11-21-22-18-8-7-16(12-20-18)24(26)27/h5-12H,3-4H2,1-2H3,(H,20,22)/b21-11+. The first-order chi connectivity index (χ1) is 13.5. The van der Waals surface area contributed by atoms with E-state index in [9.17, 15) is 14.9 Å². The van der Waals surface area contributed by atoms with Crippen LogP contribution in [0.15, 0.2) is 56.9 Å². The number of rotatable bonds is 7. The Kier molecular flexibility index (Phi) is 5.64. The van der Waals surface area contributed by atoms with E-state index in [-0.39, 0.29) is 11.3 Å². The number of nitrogens with one attached hydrogen (secondary N) is 1. The van der Waals surface area contributed by atoms with E-state index in [1.165, 1.54) is 18.3 Å². The molecular weight excluding hydrogens is 362 g/mol. The Morgan fingerprint density at radius 2 is 2.04 bits per heavy atom. The fourth-order valence-corrected chi connectivity index (χ4v) is 2.72. The Labute approximate surface area is 160 Å². The number of hydrogen-bond acceptors (Lipinski definition) is 8. The van der Waals surface area contributed by atoms with Crippen LogP contribution in [0.3, 0.4) is 0 Å². The molecule has 0 aliphatic carbocycles. The molecule has 28 heavy (non-hydrogen) atoms. The van der Waals surface area contributed by atoms with E-state index in [4.69, 9.17) is 4.42 Å². The summed E-state index contributed by atoms with van der Waals surface area (Å²) in [6.45, 7) is 5.85. The van der Waals surface area contributed by atoms with E-state index >= 15 is 0 Å². The highest BCUT2D eigenvalue weighted by atomic mass is 16.6. The van der Waals surface area contributed by atoms with Crippen LogP contribution in [0.1, 0.15) is 19.4 Å². The smallest absolute Gasteiger partial charge is 0.345 e. The van der Waals surface area contributed by atoms with E-state index in [1.54, 1.807) is 6.07 Å². The second-order valence-electron chi connectivity index (χ2n) is 5.91. The van der Waals surface area contributed by atoms with Crippen LogP contribution < -0.4 is 16.0 Å². The van der Waals surface area contributed by atoms with Crippen LogP contribution in [0.4, 0.5) is 17.2 Å². The molecule has 0 aliphatic rings. The summed E-state index contributed by atoms with van der Waals surface area (Å²) < 4.78 is 5.43. The quantitative estimate of drug-likeness (QED) is 0.289. The van der Waals surface area contributed by atoms with Crippen molar-refractivity contribution in [3.05, 3.63) is 68.7 Å². The summed E-state index contributed by atoms with van der Waals surface area (Å²) in [5.41, 5.74) is 3.78. The number of aromatic nitrogens is 1. The van der Waals surface area contributed by atoms with Gasteiger partial charge in [-0.25, -0.2) is 9.78 Å². The van der Waals surface area contributed by atoms with E-state index < -0.39 is 10.5 Å². The molecule has 9 nitrogen and oxygen atoms in total. The minimum Gasteiger partial charge on any atom is -0.422 e. The Hall–Kier alpha value is -3.75. The van der Waals surface area contributed by atoms with Gasteiger partial charge in [0.15, 0.2) is 0 Å². The molecule has 1 aromatic carbocycles. The summed E-state index contributed by atoms with van der Waals surface area (Å²) in [7, 11) is 0. The first-order valence-corrected chi connectivity index (χ1v) is 8.74. The van der Waals surface area contributed by atoms with E-state index in [0.29, 0.717) is 11.4 Å². The van der Waals surface area contributed by atoms with Crippen molar-refractivity contribution in [2.45, 2.75) is 13.8 Å². The minimum absolute atomic E-state index is 0.117. The number of pyridine rings is 1. The Bertz CT molecular complexity index is 1070. The average molecular weight is 381 g/mol. The fourth-order valence-electron chi connectivity index (χ4n) is 2.72. The SMILES string of the molecule is CCN(CC)c1ccc2cc(/C=N/Nc3ccc([N+](=O)[O-])cn3)c(=O)oc2c1. The lowest BCUT2D eigenvalue weighted by atomic mass is 10.1. The third-order valence-electron chi connectivity index (χ3n) is 4.22. The van der Waals surface area contributed by atoms with Gasteiger partial charge in [-0.2, -0.15) is 5.10 Å². The van der Waals surface area contributed by atoms with Crippen molar-refractivity contribution < 1.29 is 9.34 Å². The van der Waals surface area contributed by atoms with Crippen molar-refractivity contribution in [2.75, 3.05) is 23.4 Å². The fraction of sp³-hybridized carbons (Fsp3) is 0.211. The van der Waals surface area contributed by atoms with Crippen LogP contribution in [0.25, 0.3) is 11.0 Å². The summed E-state index contributed by atoms with van der Waals surface area (Å²) in [5, 5.41) is 15.3. The molecule has 0 spiro atoms. The maximum absolute atomic E-state index is 12.2. The second kappa shape index (κ2) is 8.30. The maximum atomic E-state index is 12.2. The zero-order chi connectivity index (χ0) is 20.1. The van der Waals surface area contributed by atoms with Crippen molar-refractivity contribution in [3.63, 3.8) is 0 Å². The Balaban J connectivity index is 1.80. The molecule has 0 aliphatic heterocycles. The predicted octanol–water partition coefficient (Wildman–Crippen LogP) is 3.39. The summed E-state index contributed by atoms with van der Waals surface area (Å²) in [4.78, 5) is 28.3. The lowest BCUT2D eigenvalue weighted by Gasteiger charge is -2.20. The topological polar surface area (TPSA) is 114 Å². The van der Waals surface area contributed by atoms with E-state index in [0.717, 1.165) is 30.4 Å². The molecule has 0 bridgehead atoms. The molecule has 0 radical (unpaired) electrons. The third-order valence-corrected chi connectivity index (χ3v) is 4.22. The minimum atomic E-state index is -0.536. The molecular formula is C19H19N5O4. The second-order valence-corrected chi connectivity index (χ2v) is 5.91. The Morgan fingerprint density at radius 3 is 2.68 bits per heavy atom. The number of fused-ring (bicyclic) bond motifs is 1. The number of hydrazone groups is 1. The molecule has 144 valence electrons. The van der Waals surface area contributed by atoms with Crippen LogP contribution in [0.5, 0.6) is 0 Å². The largest absolute Gasteiger partial charge is 0.422 e. The zero-order valence-corrected chi connectivity index (χ0v) is 15.5. The van der Waals surface area contributed by atoms with Gasteiger partial charge in [0.1, 0.15) is 17.6 Å². The van der Waals surface area contributed by atoms with Gasteiger partial charge >= 0.3 is 5.63 Å². The molecule has 0 unspecified atom stereocenters. The number of nitro groups is 1. The molecule has 0 fully saturated rings. The predicted molar refractivity (Wildman–Crippen MR) is 108 cm³/mol. The highest BCUT2D eigenvalue weighted by molar-refractivity contribution is 5.88. The summed E-state index contributed by atoms with van der Waals surface area (Å²) in [5.74, 6) is 0.316. The van der Waals surface area contributed by atoms with Crippen LogP contribution in [-0.2, 0) is 0 Å². The first-order valence-electron chi connectivity index (χ1n) is 8.74. The van der Waals surface area contributed by atoms with Gasteiger partial charge in [-0.15, -0.1) is 0 Å². The van der Waals surface area contributed by atoms with Crippen molar-refractivity contribution in [2.24, 2.45) is 5.10 Å². The van der Waals surface area contributed by atoms with E-state index in [1.807, 2.05) is 18.2 Å². The summed E-state index contributed by atoms with van der Waals surface area (Å²) in [6, 6.07) is 10.2. The van der Waals surface area contributed by atoms with Gasteiger partial charge in [-0.1, -0.05) is 0 Å². The van der Waals surface area contributed by atoms with Gasteiger partial charge in [0.2, 0.25) is 0 Å². The van der Waals surface area contributed by atoms with Gasteiger partial charge in [-0.3, -0.25) is 15.5 Å². The van der Waals surface area contributed by atoms with Gasteiger partial charge in [0, 0.05) is 36.3 Å². The zero-order valence-electron chi connectivity index (χ0n) is 15.5. The van der Waals surface area contributed by atoms with Crippen LogP contribution in [0, 0.1) is 10.1 Å². The molecule has 2 aromatic heterocycles. The normalized spacial score (nSPS) is 11.1. The van der Waals surface area contributed by atoms with Crippen LogP contribution >= 0.6 is 0 Å². The van der Waals surface area contributed by atoms with Crippen molar-refractivity contribution >= 4 is 34.4 Å². The van der Waals surface area contributed by atoms with Crippen molar-refractivity contribution in [1.29, 1.82) is 0 Å². The third kappa shape index (κ3) is 4.14. The molecule has 0 saturated heterocycles. The van der Waals surface area contributed by atoms with Crippen LogP contribution in [-0.4, -0.2) is 29.2 Å². The summed E-state index contributed by atoms with van der Waals surface area (Å²) >= 11 is 0. The molecule has 9 heteroatoms. The molecule has 1 N–H and O–H groups in total. The van der Waals surface area contributed by atoms with Gasteiger partial charge in [0.05, 0.1) is 16.7 Å². The van der Waals surface area contributed by atoms with Crippen molar-refractivity contribution in [1.82, 2.24) is 4.98 Å². The van der Waals surface area contributed by atoms with Gasteiger partial charge in [-0.05, 0) is 38.1 Å². The van der Waals surface area contributed by atoms with Gasteiger partial charge in [0.25, 0.3) is 5.69 Å². The van der Waals surface area contributed by atoms with Crippen molar-refractivity contribution in [3.8, 4) is 0 Å². The number of nitrogens with zero attached hydrogens (tertiary/aromatic N) is 4. The molecule has 0 saturated carbocycles. The highest BCUT2D eigenvalue weighted by Crippen LogP contribution is 2.21. The maximum Gasteiger partial charge on any atom is 0.345 e. The number of hydrogen-bond donors (Lipinski definition) is 1. The summed E-state index contributed by atoms with van der Waals surface area (Å²) in [6.07, 6.45) is 2.45. The van der Waals surface area contributed by atoms with E-state index in [2.05, 4.69) is 34.3 Å². The number of benzene rings is 1. The number of anilines is 2. The first kappa shape index (κ1) is 19.0. The molecule has 3 aromatic rings.